The Labute approximate surface area is 164 Å². The molecule has 0 saturated heterocycles. The highest BCUT2D eigenvalue weighted by molar-refractivity contribution is 9.10. The van der Waals surface area contributed by atoms with E-state index in [-0.39, 0.29) is 5.97 Å². The summed E-state index contributed by atoms with van der Waals surface area (Å²) in [5.41, 5.74) is 1.94. The van der Waals surface area contributed by atoms with E-state index in [2.05, 4.69) is 28.1 Å². The number of esters is 1. The second-order valence-electron chi connectivity index (χ2n) is 5.25. The molecule has 0 amide bonds. The van der Waals surface area contributed by atoms with Crippen molar-refractivity contribution >= 4 is 36.4 Å². The topological polar surface area (TPSA) is 44.8 Å². The lowest BCUT2D eigenvalue weighted by Crippen LogP contribution is -2.00. The predicted molar refractivity (Wildman–Crippen MR) is 109 cm³/mol. The van der Waals surface area contributed by atoms with E-state index in [1.165, 1.54) is 6.08 Å². The van der Waals surface area contributed by atoms with Crippen molar-refractivity contribution in [2.24, 2.45) is 0 Å². The molecular formula is C20H22BrO4P. The third-order valence-electron chi connectivity index (χ3n) is 3.29. The van der Waals surface area contributed by atoms with E-state index in [9.17, 15) is 4.79 Å². The average Bonchev–Trinajstić information content (AvgIpc) is 2.63. The zero-order valence-electron chi connectivity index (χ0n) is 14.9. The molecule has 0 aliphatic carbocycles. The summed E-state index contributed by atoms with van der Waals surface area (Å²) in [4.78, 5) is 11.6. The van der Waals surface area contributed by atoms with Crippen molar-refractivity contribution in [3.63, 3.8) is 0 Å². The van der Waals surface area contributed by atoms with Gasteiger partial charge in [0.05, 0.1) is 19.4 Å². The molecule has 0 aromatic heterocycles. The molecule has 0 bridgehead atoms. The summed E-state index contributed by atoms with van der Waals surface area (Å²) in [5.74, 6) is 0.291. The third-order valence-corrected chi connectivity index (χ3v) is 5.35. The van der Waals surface area contributed by atoms with Crippen LogP contribution in [0.5, 0.6) is 5.75 Å². The van der Waals surface area contributed by atoms with Gasteiger partial charge in [-0.25, -0.2) is 4.79 Å². The standard InChI is InChI=1S/C20H22BrO4P/c1-3-23-20(22)13-10-17-14-18(21)11-12-19(17)25-26(24-4-2)15-16-8-6-5-7-9-16/h5-14H,3-4,15H2,1-2H3/b13-10+. The van der Waals surface area contributed by atoms with E-state index in [0.29, 0.717) is 25.1 Å². The molecule has 0 saturated carbocycles. The van der Waals surface area contributed by atoms with Crippen molar-refractivity contribution in [1.82, 2.24) is 0 Å². The van der Waals surface area contributed by atoms with Gasteiger partial charge in [0, 0.05) is 16.1 Å². The van der Waals surface area contributed by atoms with Crippen molar-refractivity contribution in [1.29, 1.82) is 0 Å². The van der Waals surface area contributed by atoms with Gasteiger partial charge in [0.25, 0.3) is 0 Å². The lowest BCUT2D eigenvalue weighted by atomic mass is 10.2. The smallest absolute Gasteiger partial charge is 0.330 e. The van der Waals surface area contributed by atoms with Crippen molar-refractivity contribution in [2.45, 2.75) is 20.0 Å². The van der Waals surface area contributed by atoms with Gasteiger partial charge in [-0.15, -0.1) is 0 Å². The first kappa shape index (κ1) is 20.6. The van der Waals surface area contributed by atoms with Crippen LogP contribution < -0.4 is 4.52 Å². The minimum atomic E-state index is -1.14. The Morgan fingerprint density at radius 3 is 2.58 bits per heavy atom. The van der Waals surface area contributed by atoms with Crippen LogP contribution in [0, 0.1) is 0 Å². The number of hydrogen-bond acceptors (Lipinski definition) is 4. The Balaban J connectivity index is 2.18. The van der Waals surface area contributed by atoms with Crippen molar-refractivity contribution in [3.05, 3.63) is 70.2 Å². The zero-order chi connectivity index (χ0) is 18.8. The fourth-order valence-corrected chi connectivity index (χ4v) is 3.94. The second-order valence-corrected chi connectivity index (χ2v) is 7.59. The SMILES string of the molecule is CCOC(=O)/C=C/c1cc(Br)ccc1OP(Cc1ccccc1)OCC. The molecule has 26 heavy (non-hydrogen) atoms. The maximum absolute atomic E-state index is 11.6. The number of rotatable bonds is 9. The van der Waals surface area contributed by atoms with Gasteiger partial charge >= 0.3 is 5.97 Å². The van der Waals surface area contributed by atoms with E-state index >= 15 is 0 Å². The third kappa shape index (κ3) is 6.91. The van der Waals surface area contributed by atoms with Gasteiger partial charge < -0.3 is 13.8 Å². The number of benzene rings is 2. The molecule has 1 unspecified atom stereocenters. The Bertz CT molecular complexity index is 734. The van der Waals surface area contributed by atoms with Crippen LogP contribution in [0.1, 0.15) is 25.0 Å². The molecule has 6 heteroatoms. The van der Waals surface area contributed by atoms with Gasteiger partial charge in [-0.3, -0.25) is 0 Å². The highest BCUT2D eigenvalue weighted by Gasteiger charge is 2.15. The Hall–Kier alpha value is -1.68. The van der Waals surface area contributed by atoms with Crippen LogP contribution in [0.4, 0.5) is 0 Å². The molecule has 138 valence electrons. The van der Waals surface area contributed by atoms with Crippen LogP contribution in [0.3, 0.4) is 0 Å². The van der Waals surface area contributed by atoms with Gasteiger partial charge in [0.1, 0.15) is 5.75 Å². The molecule has 0 spiro atoms. The molecule has 4 nitrogen and oxygen atoms in total. The summed E-state index contributed by atoms with van der Waals surface area (Å²) in [6.07, 6.45) is 3.79. The zero-order valence-corrected chi connectivity index (χ0v) is 17.3. The maximum atomic E-state index is 11.6. The Kier molecular flexibility index (Phi) is 8.82. The minimum absolute atomic E-state index is 0.345. The number of carbonyl (C=O) groups is 1. The summed E-state index contributed by atoms with van der Waals surface area (Å²) >= 11 is 3.45. The maximum Gasteiger partial charge on any atom is 0.330 e. The number of ether oxygens (including phenoxy) is 1. The summed E-state index contributed by atoms with van der Waals surface area (Å²) in [6.45, 7) is 4.64. The molecule has 0 fully saturated rings. The summed E-state index contributed by atoms with van der Waals surface area (Å²) in [6, 6.07) is 15.8. The molecule has 0 aliphatic heterocycles. The highest BCUT2D eigenvalue weighted by Crippen LogP contribution is 2.44. The number of halogens is 1. The Morgan fingerprint density at radius 1 is 1.12 bits per heavy atom. The van der Waals surface area contributed by atoms with Crippen LogP contribution in [-0.4, -0.2) is 19.2 Å². The fourth-order valence-electron chi connectivity index (χ4n) is 2.17. The summed E-state index contributed by atoms with van der Waals surface area (Å²) in [5, 5.41) is 0. The minimum Gasteiger partial charge on any atom is -0.463 e. The first-order valence-corrected chi connectivity index (χ1v) is 10.5. The van der Waals surface area contributed by atoms with Gasteiger partial charge in [0.2, 0.25) is 8.38 Å². The van der Waals surface area contributed by atoms with Crippen LogP contribution in [-0.2, 0) is 20.2 Å². The van der Waals surface area contributed by atoms with E-state index in [0.717, 1.165) is 15.6 Å². The average molecular weight is 437 g/mol. The monoisotopic (exact) mass is 436 g/mol. The predicted octanol–water partition coefficient (Wildman–Crippen LogP) is 5.95. The van der Waals surface area contributed by atoms with Gasteiger partial charge in [-0.2, -0.15) is 0 Å². The molecule has 2 aromatic carbocycles. The number of hydrogen-bond donors (Lipinski definition) is 0. The molecule has 2 aromatic rings. The lowest BCUT2D eigenvalue weighted by Gasteiger charge is -2.19. The summed E-state index contributed by atoms with van der Waals surface area (Å²) < 4.78 is 17.8. The van der Waals surface area contributed by atoms with Crippen molar-refractivity contribution in [2.75, 3.05) is 13.2 Å². The first-order valence-electron chi connectivity index (χ1n) is 8.39. The van der Waals surface area contributed by atoms with Crippen LogP contribution in [0.25, 0.3) is 6.08 Å². The summed E-state index contributed by atoms with van der Waals surface area (Å²) in [7, 11) is -1.14. The Morgan fingerprint density at radius 2 is 1.88 bits per heavy atom. The van der Waals surface area contributed by atoms with E-state index in [4.69, 9.17) is 13.8 Å². The van der Waals surface area contributed by atoms with Gasteiger partial charge in [0.15, 0.2) is 0 Å². The van der Waals surface area contributed by atoms with Crippen LogP contribution >= 0.6 is 24.3 Å². The molecule has 2 rings (SSSR count). The number of carbonyl (C=O) groups excluding carboxylic acids is 1. The van der Waals surface area contributed by atoms with E-state index < -0.39 is 8.38 Å². The lowest BCUT2D eigenvalue weighted by molar-refractivity contribution is -0.137. The van der Waals surface area contributed by atoms with E-state index in [1.54, 1.807) is 13.0 Å². The first-order chi connectivity index (χ1) is 12.6. The van der Waals surface area contributed by atoms with Crippen LogP contribution in [0.2, 0.25) is 0 Å². The molecule has 0 N–H and O–H groups in total. The van der Waals surface area contributed by atoms with Gasteiger partial charge in [-0.1, -0.05) is 46.3 Å². The molecule has 0 heterocycles. The normalized spacial score (nSPS) is 12.1. The molecular weight excluding hydrogens is 415 g/mol. The van der Waals surface area contributed by atoms with E-state index in [1.807, 2.05) is 43.3 Å². The quantitative estimate of drug-likeness (QED) is 0.276. The van der Waals surface area contributed by atoms with Crippen molar-refractivity contribution in [3.8, 4) is 5.75 Å². The fraction of sp³-hybridized carbons (Fsp3) is 0.250. The van der Waals surface area contributed by atoms with Crippen molar-refractivity contribution < 1.29 is 18.6 Å². The molecule has 0 radical (unpaired) electrons. The van der Waals surface area contributed by atoms with Crippen LogP contribution in [0.15, 0.2) is 59.1 Å². The highest BCUT2D eigenvalue weighted by atomic mass is 79.9. The molecule has 1 atom stereocenters. The second kappa shape index (κ2) is 11.1. The van der Waals surface area contributed by atoms with Gasteiger partial charge in [-0.05, 0) is 43.7 Å². The largest absolute Gasteiger partial charge is 0.463 e. The molecule has 0 aliphatic rings.